The van der Waals surface area contributed by atoms with Crippen molar-refractivity contribution in [2.45, 2.75) is 23.4 Å². The van der Waals surface area contributed by atoms with Crippen LogP contribution >= 0.6 is 0 Å². The molecule has 54 heavy (non-hydrogen) atoms. The van der Waals surface area contributed by atoms with Gasteiger partial charge in [0.25, 0.3) is 0 Å². The third-order valence-electron chi connectivity index (χ3n) is 9.95. The molecule has 0 saturated carbocycles. The van der Waals surface area contributed by atoms with Crippen LogP contribution in [-0.2, 0) is 25.2 Å². The molecule has 10 heteroatoms. The van der Waals surface area contributed by atoms with Gasteiger partial charge >= 0.3 is 14.4 Å². The summed E-state index contributed by atoms with van der Waals surface area (Å²) in [6, 6.07) is 49.9. The highest BCUT2D eigenvalue weighted by molar-refractivity contribution is 7.03. The predicted molar refractivity (Wildman–Crippen MR) is 209 cm³/mol. The van der Waals surface area contributed by atoms with Gasteiger partial charge in [-0.1, -0.05) is 109 Å². The average Bonchev–Trinajstić information content (AvgIpc) is 3.65. The highest BCUT2D eigenvalue weighted by Crippen LogP contribution is 2.52. The Kier molecular flexibility index (Phi) is 11.1. The Labute approximate surface area is 317 Å². The molecule has 1 saturated heterocycles. The summed E-state index contributed by atoms with van der Waals surface area (Å²) in [5.74, 6) is 2.75. The SMILES string of the molecule is COc1ccc(C(O)(c2ccc(OC)cc2)C(O[B]B2OC(c3ccccc3)C(c3ccc(OC)cc3)(c3ccc(OC)cc3)O2)c2ccccc2)cc1. The zero-order valence-electron chi connectivity index (χ0n) is 30.6. The Hall–Kier alpha value is -5.51. The van der Waals surface area contributed by atoms with E-state index >= 15 is 0 Å². The van der Waals surface area contributed by atoms with Crippen LogP contribution in [-0.4, -0.2) is 47.9 Å². The second-order valence-corrected chi connectivity index (χ2v) is 12.9. The second kappa shape index (κ2) is 16.2. The molecule has 1 radical (unpaired) electrons. The van der Waals surface area contributed by atoms with Crippen molar-refractivity contribution in [2.24, 2.45) is 0 Å². The van der Waals surface area contributed by atoms with Gasteiger partial charge < -0.3 is 38.0 Å². The van der Waals surface area contributed by atoms with Gasteiger partial charge in [0.2, 0.25) is 0 Å². The molecule has 0 aliphatic carbocycles. The van der Waals surface area contributed by atoms with Crippen LogP contribution in [0.5, 0.6) is 23.0 Å². The lowest BCUT2D eigenvalue weighted by Gasteiger charge is -2.38. The van der Waals surface area contributed by atoms with Gasteiger partial charge in [0.05, 0.1) is 28.4 Å². The van der Waals surface area contributed by atoms with Crippen molar-refractivity contribution >= 4 is 14.4 Å². The van der Waals surface area contributed by atoms with Crippen LogP contribution < -0.4 is 18.9 Å². The summed E-state index contributed by atoms with van der Waals surface area (Å²) in [5.41, 5.74) is 1.71. The van der Waals surface area contributed by atoms with Crippen molar-refractivity contribution in [3.8, 4) is 23.0 Å². The second-order valence-electron chi connectivity index (χ2n) is 12.9. The van der Waals surface area contributed by atoms with Crippen LogP contribution in [0.15, 0.2) is 158 Å². The lowest BCUT2D eigenvalue weighted by Crippen LogP contribution is -2.40. The van der Waals surface area contributed by atoms with Crippen molar-refractivity contribution < 1.29 is 38.0 Å². The van der Waals surface area contributed by atoms with Gasteiger partial charge in [-0.3, -0.25) is 0 Å². The summed E-state index contributed by atoms with van der Waals surface area (Å²) in [6.07, 6.45) is -1.57. The number of rotatable bonds is 14. The maximum atomic E-state index is 13.1. The summed E-state index contributed by atoms with van der Waals surface area (Å²) < 4.78 is 42.7. The van der Waals surface area contributed by atoms with Crippen molar-refractivity contribution in [1.29, 1.82) is 0 Å². The predicted octanol–water partition coefficient (Wildman–Crippen LogP) is 8.05. The summed E-state index contributed by atoms with van der Waals surface area (Å²) >= 11 is 0. The molecule has 1 N–H and O–H groups in total. The van der Waals surface area contributed by atoms with E-state index in [-0.39, 0.29) is 0 Å². The first kappa shape index (κ1) is 36.8. The quantitative estimate of drug-likeness (QED) is 0.113. The third-order valence-corrected chi connectivity index (χ3v) is 9.95. The van der Waals surface area contributed by atoms with Gasteiger partial charge in [-0.2, -0.15) is 0 Å². The zero-order chi connectivity index (χ0) is 37.5. The summed E-state index contributed by atoms with van der Waals surface area (Å²) in [6.45, 7) is 0. The van der Waals surface area contributed by atoms with Gasteiger partial charge in [0, 0.05) is 0 Å². The van der Waals surface area contributed by atoms with Gasteiger partial charge in [-0.15, -0.1) is 0 Å². The highest BCUT2D eigenvalue weighted by Gasteiger charge is 2.55. The maximum absolute atomic E-state index is 13.1. The van der Waals surface area contributed by atoms with Gasteiger partial charge in [0.15, 0.2) is 0 Å². The van der Waals surface area contributed by atoms with E-state index in [9.17, 15) is 5.11 Å². The molecular formula is C44H41B2O8. The number of methoxy groups -OCH3 is 4. The topological polar surface area (TPSA) is 84.8 Å². The minimum Gasteiger partial charge on any atom is -0.497 e. The molecule has 8 nitrogen and oxygen atoms in total. The van der Waals surface area contributed by atoms with Gasteiger partial charge in [0.1, 0.15) is 46.4 Å². The molecule has 0 aromatic heterocycles. The minimum absolute atomic E-state index is 0.594. The first-order valence-electron chi connectivity index (χ1n) is 17.7. The van der Waals surface area contributed by atoms with Gasteiger partial charge in [-0.05, 0) is 81.9 Å². The normalized spacial score (nSPS) is 15.6. The summed E-state index contributed by atoms with van der Waals surface area (Å²) in [4.78, 5) is 0. The fraction of sp³-hybridized carbons (Fsp3) is 0.182. The van der Waals surface area contributed by atoms with Crippen LogP contribution in [0, 0.1) is 0 Å². The summed E-state index contributed by atoms with van der Waals surface area (Å²) in [5, 5.41) is 13.1. The van der Waals surface area contributed by atoms with E-state index in [0.717, 1.165) is 22.3 Å². The molecule has 6 aromatic rings. The van der Waals surface area contributed by atoms with Crippen LogP contribution in [0.4, 0.5) is 0 Å². The Bertz CT molecular complexity index is 1980. The smallest absolute Gasteiger partial charge is 0.440 e. The Balaban J connectivity index is 1.32. The summed E-state index contributed by atoms with van der Waals surface area (Å²) in [7, 11) is 7.05. The monoisotopic (exact) mass is 719 g/mol. The number of benzene rings is 6. The van der Waals surface area contributed by atoms with E-state index in [2.05, 4.69) is 0 Å². The van der Waals surface area contributed by atoms with E-state index in [1.165, 1.54) is 0 Å². The number of hydrogen-bond acceptors (Lipinski definition) is 8. The molecule has 0 amide bonds. The fourth-order valence-corrected chi connectivity index (χ4v) is 7.13. The average molecular weight is 719 g/mol. The first-order valence-corrected chi connectivity index (χ1v) is 17.7. The minimum atomic E-state index is -1.70. The standard InChI is InChI=1S/C44H41B2O8/c1-48-37-23-15-33(16-24-37)43(47,34-17-25-38(49-2)26-18-34)41(31-11-7-5-8-12-31)52-45-46-53-42(32-13-9-6-10-14-32)44(54-46,35-19-27-39(50-3)28-20-35)36-21-29-40(51-4)30-22-36/h5-30,41-42,47H,1-4H3. The lowest BCUT2D eigenvalue weighted by molar-refractivity contribution is -0.0358. The van der Waals surface area contributed by atoms with Crippen LogP contribution in [0.1, 0.15) is 45.6 Å². The molecule has 1 heterocycles. The van der Waals surface area contributed by atoms with E-state index in [4.69, 9.17) is 32.9 Å². The van der Waals surface area contributed by atoms with Crippen molar-refractivity contribution in [3.05, 3.63) is 191 Å². The Morgan fingerprint density at radius 1 is 0.574 bits per heavy atom. The van der Waals surface area contributed by atoms with E-state index < -0.39 is 30.4 Å². The fourth-order valence-electron chi connectivity index (χ4n) is 7.13. The van der Waals surface area contributed by atoms with Crippen LogP contribution in [0.25, 0.3) is 0 Å². The van der Waals surface area contributed by atoms with E-state index in [1.54, 1.807) is 35.8 Å². The molecule has 2 atom stereocenters. The van der Waals surface area contributed by atoms with Crippen molar-refractivity contribution in [2.75, 3.05) is 28.4 Å². The van der Waals surface area contributed by atoms with Crippen LogP contribution in [0.2, 0.25) is 0 Å². The molecule has 1 fully saturated rings. The molecule has 1 aliphatic heterocycles. The zero-order valence-corrected chi connectivity index (χ0v) is 30.6. The molecule has 6 aromatic carbocycles. The Morgan fingerprint density at radius 3 is 1.41 bits per heavy atom. The number of hydrogen-bond donors (Lipinski definition) is 1. The third kappa shape index (κ3) is 7.09. The van der Waals surface area contributed by atoms with Gasteiger partial charge in [-0.25, -0.2) is 0 Å². The lowest BCUT2D eigenvalue weighted by atomic mass is 9.55. The van der Waals surface area contributed by atoms with E-state index in [1.807, 2.05) is 158 Å². The molecule has 7 rings (SSSR count). The first-order chi connectivity index (χ1) is 26.4. The van der Waals surface area contributed by atoms with Crippen molar-refractivity contribution in [3.63, 3.8) is 0 Å². The highest BCUT2D eigenvalue weighted by atomic mass is 16.7. The molecular weight excluding hydrogens is 678 g/mol. The molecule has 0 spiro atoms. The Morgan fingerprint density at radius 2 is 0.981 bits per heavy atom. The largest absolute Gasteiger partial charge is 0.497 e. The van der Waals surface area contributed by atoms with E-state index in [0.29, 0.717) is 34.1 Å². The molecule has 1 aliphatic rings. The van der Waals surface area contributed by atoms with Crippen LogP contribution in [0.3, 0.4) is 0 Å². The van der Waals surface area contributed by atoms with Crippen molar-refractivity contribution in [1.82, 2.24) is 0 Å². The number of ether oxygens (including phenoxy) is 4. The maximum Gasteiger partial charge on any atom is 0.440 e. The molecule has 271 valence electrons. The molecule has 2 unspecified atom stereocenters. The molecule has 0 bridgehead atoms. The number of aliphatic hydroxyl groups is 1.